The van der Waals surface area contributed by atoms with E-state index in [1.165, 1.54) is 24.0 Å². The fourth-order valence-electron chi connectivity index (χ4n) is 3.00. The Morgan fingerprint density at radius 2 is 2.00 bits per heavy atom. The highest BCUT2D eigenvalue weighted by atomic mass is 19.4. The lowest BCUT2D eigenvalue weighted by atomic mass is 10.0. The van der Waals surface area contributed by atoms with E-state index in [-0.39, 0.29) is 29.3 Å². The van der Waals surface area contributed by atoms with Gasteiger partial charge in [-0.1, -0.05) is 0 Å². The number of aryl methyl sites for hydroxylation is 1. The Balaban J connectivity index is 1.91. The number of hydrogen-bond acceptors (Lipinski definition) is 5. The first-order valence-corrected chi connectivity index (χ1v) is 7.89. The Kier molecular flexibility index (Phi) is 4.57. The number of amides is 1. The van der Waals surface area contributed by atoms with Crippen LogP contribution in [0.15, 0.2) is 24.3 Å². The van der Waals surface area contributed by atoms with Gasteiger partial charge < -0.3 is 10.2 Å². The van der Waals surface area contributed by atoms with E-state index < -0.39 is 23.4 Å². The van der Waals surface area contributed by atoms with Gasteiger partial charge >= 0.3 is 6.18 Å². The second kappa shape index (κ2) is 6.56. The normalized spacial score (nSPS) is 17.8. The third kappa shape index (κ3) is 3.22. The van der Waals surface area contributed by atoms with E-state index in [1.807, 2.05) is 0 Å². The molecular weight excluding hydrogens is 351 g/mol. The van der Waals surface area contributed by atoms with Crippen molar-refractivity contribution >= 4 is 11.7 Å². The summed E-state index contributed by atoms with van der Waals surface area (Å²) in [7, 11) is 0. The molecule has 26 heavy (non-hydrogen) atoms. The molecule has 0 aliphatic carbocycles. The van der Waals surface area contributed by atoms with Gasteiger partial charge in [-0.3, -0.25) is 9.69 Å². The zero-order valence-corrected chi connectivity index (χ0v) is 13.8. The summed E-state index contributed by atoms with van der Waals surface area (Å²) in [5, 5.41) is 27.1. The van der Waals surface area contributed by atoms with E-state index in [9.17, 15) is 23.1 Å². The van der Waals surface area contributed by atoms with Crippen LogP contribution in [-0.4, -0.2) is 39.5 Å². The van der Waals surface area contributed by atoms with E-state index in [2.05, 4.69) is 10.2 Å². The highest BCUT2D eigenvalue weighted by molar-refractivity contribution is 5.96. The Morgan fingerprint density at radius 3 is 2.50 bits per heavy atom. The predicted molar refractivity (Wildman–Crippen MR) is 86.4 cm³/mol. The summed E-state index contributed by atoms with van der Waals surface area (Å²) in [5.41, 5.74) is -0.392. The number of carbonyl (C=O) groups is 1. The standard InChI is InChI=1S/C17H16F3N3O3/c1-9-6-11(17(18,19)20)7-13(25)15(9)12-2-3-14(22-21-12)23-5-4-10(8-24)16(23)26/h2-3,6-7,10,24-25H,4-5,8H2,1H3/t10-/m1/s1. The first kappa shape index (κ1) is 18.1. The number of rotatable bonds is 3. The molecule has 1 atom stereocenters. The van der Waals surface area contributed by atoms with Gasteiger partial charge in [-0.15, -0.1) is 10.2 Å². The van der Waals surface area contributed by atoms with Gasteiger partial charge in [0.2, 0.25) is 5.91 Å². The molecule has 1 fully saturated rings. The lowest BCUT2D eigenvalue weighted by molar-refractivity contribution is -0.137. The monoisotopic (exact) mass is 367 g/mol. The molecule has 9 heteroatoms. The molecule has 1 aromatic carbocycles. The van der Waals surface area contributed by atoms with E-state index in [1.54, 1.807) is 0 Å². The van der Waals surface area contributed by atoms with Crippen LogP contribution in [0.1, 0.15) is 17.5 Å². The molecule has 0 saturated carbocycles. The number of phenols is 1. The Morgan fingerprint density at radius 1 is 1.27 bits per heavy atom. The van der Waals surface area contributed by atoms with Gasteiger partial charge in [0.05, 0.1) is 23.8 Å². The minimum absolute atomic E-state index is 0.151. The number of benzene rings is 1. The molecule has 0 radical (unpaired) electrons. The molecule has 1 aliphatic rings. The predicted octanol–water partition coefficient (Wildman–Crippen LogP) is 2.52. The number of nitrogens with zero attached hydrogens (tertiary/aromatic N) is 3. The Labute approximate surface area is 146 Å². The molecule has 138 valence electrons. The lowest BCUT2D eigenvalue weighted by Gasteiger charge is -2.16. The number of anilines is 1. The molecule has 2 N–H and O–H groups in total. The lowest BCUT2D eigenvalue weighted by Crippen LogP contribution is -2.29. The van der Waals surface area contributed by atoms with E-state index in [0.29, 0.717) is 24.8 Å². The van der Waals surface area contributed by atoms with Gasteiger partial charge in [-0.05, 0) is 43.2 Å². The molecule has 6 nitrogen and oxygen atoms in total. The first-order chi connectivity index (χ1) is 12.2. The van der Waals surface area contributed by atoms with Gasteiger partial charge in [0, 0.05) is 12.1 Å². The fraction of sp³-hybridized carbons (Fsp3) is 0.353. The van der Waals surface area contributed by atoms with Crippen LogP contribution >= 0.6 is 0 Å². The molecule has 0 unspecified atom stereocenters. The summed E-state index contributed by atoms with van der Waals surface area (Å²) in [4.78, 5) is 13.5. The summed E-state index contributed by atoms with van der Waals surface area (Å²) >= 11 is 0. The van der Waals surface area contributed by atoms with Crippen molar-refractivity contribution in [2.45, 2.75) is 19.5 Å². The number of aromatic nitrogens is 2. The molecule has 1 saturated heterocycles. The fourth-order valence-corrected chi connectivity index (χ4v) is 3.00. The minimum Gasteiger partial charge on any atom is -0.507 e. The van der Waals surface area contributed by atoms with Gasteiger partial charge in [0.1, 0.15) is 5.75 Å². The highest BCUT2D eigenvalue weighted by Gasteiger charge is 2.34. The number of hydrogen-bond donors (Lipinski definition) is 2. The van der Waals surface area contributed by atoms with Crippen molar-refractivity contribution in [3.05, 3.63) is 35.4 Å². The largest absolute Gasteiger partial charge is 0.507 e. The van der Waals surface area contributed by atoms with Crippen molar-refractivity contribution in [2.24, 2.45) is 5.92 Å². The van der Waals surface area contributed by atoms with E-state index in [0.717, 1.165) is 6.07 Å². The maximum Gasteiger partial charge on any atom is 0.416 e. The van der Waals surface area contributed by atoms with Crippen LogP contribution in [0.5, 0.6) is 5.75 Å². The zero-order chi connectivity index (χ0) is 19.1. The number of alkyl halides is 3. The molecule has 1 aliphatic heterocycles. The molecule has 2 aromatic rings. The van der Waals surface area contributed by atoms with Crippen LogP contribution in [0.2, 0.25) is 0 Å². The third-order valence-electron chi connectivity index (χ3n) is 4.36. The number of aliphatic hydroxyl groups is 1. The second-order valence-electron chi connectivity index (χ2n) is 6.12. The molecular formula is C17H16F3N3O3. The average molecular weight is 367 g/mol. The maximum atomic E-state index is 12.8. The summed E-state index contributed by atoms with van der Waals surface area (Å²) in [5.74, 6) is -0.962. The smallest absolute Gasteiger partial charge is 0.416 e. The van der Waals surface area contributed by atoms with Crippen LogP contribution in [0.25, 0.3) is 11.3 Å². The Hall–Kier alpha value is -2.68. The number of halogens is 3. The maximum absolute atomic E-state index is 12.8. The van der Waals surface area contributed by atoms with Crippen molar-refractivity contribution in [3.8, 4) is 17.0 Å². The Bertz CT molecular complexity index is 814. The van der Waals surface area contributed by atoms with Crippen LogP contribution in [0.4, 0.5) is 19.0 Å². The summed E-state index contributed by atoms with van der Waals surface area (Å²) < 4.78 is 38.4. The van der Waals surface area contributed by atoms with Gasteiger partial charge in [0.15, 0.2) is 5.82 Å². The van der Waals surface area contributed by atoms with Crippen LogP contribution < -0.4 is 4.90 Å². The molecule has 1 amide bonds. The quantitative estimate of drug-likeness (QED) is 0.871. The second-order valence-corrected chi connectivity index (χ2v) is 6.12. The highest BCUT2D eigenvalue weighted by Crippen LogP contribution is 2.38. The SMILES string of the molecule is Cc1cc(C(F)(F)F)cc(O)c1-c1ccc(N2CC[C@H](CO)C2=O)nn1. The topological polar surface area (TPSA) is 86.5 Å². The molecule has 1 aromatic heterocycles. The number of carbonyl (C=O) groups excluding carboxylic acids is 1. The summed E-state index contributed by atoms with van der Waals surface area (Å²) in [6, 6.07) is 4.57. The van der Waals surface area contributed by atoms with Crippen LogP contribution in [0.3, 0.4) is 0 Å². The number of phenolic OH excluding ortho intramolecular Hbond substituents is 1. The number of aliphatic hydroxyl groups excluding tert-OH is 1. The molecule has 0 bridgehead atoms. The molecule has 3 rings (SSSR count). The average Bonchev–Trinajstić information content (AvgIpc) is 2.94. The van der Waals surface area contributed by atoms with Crippen molar-refractivity contribution in [3.63, 3.8) is 0 Å². The van der Waals surface area contributed by atoms with E-state index in [4.69, 9.17) is 5.11 Å². The van der Waals surface area contributed by atoms with Crippen molar-refractivity contribution in [1.29, 1.82) is 0 Å². The van der Waals surface area contributed by atoms with Crippen molar-refractivity contribution in [1.82, 2.24) is 10.2 Å². The van der Waals surface area contributed by atoms with E-state index >= 15 is 0 Å². The molecule has 0 spiro atoms. The first-order valence-electron chi connectivity index (χ1n) is 7.89. The summed E-state index contributed by atoms with van der Waals surface area (Å²) in [6.45, 7) is 1.61. The van der Waals surface area contributed by atoms with Gasteiger partial charge in [0.25, 0.3) is 0 Å². The van der Waals surface area contributed by atoms with Crippen LogP contribution in [-0.2, 0) is 11.0 Å². The van der Waals surface area contributed by atoms with Crippen molar-refractivity contribution in [2.75, 3.05) is 18.1 Å². The zero-order valence-electron chi connectivity index (χ0n) is 13.8. The molecule has 2 heterocycles. The van der Waals surface area contributed by atoms with Gasteiger partial charge in [-0.2, -0.15) is 13.2 Å². The summed E-state index contributed by atoms with van der Waals surface area (Å²) in [6.07, 6.45) is -4.05. The van der Waals surface area contributed by atoms with Crippen LogP contribution in [0, 0.1) is 12.8 Å². The third-order valence-corrected chi connectivity index (χ3v) is 4.36. The number of aromatic hydroxyl groups is 1. The van der Waals surface area contributed by atoms with Gasteiger partial charge in [-0.25, -0.2) is 0 Å². The van der Waals surface area contributed by atoms with Crippen molar-refractivity contribution < 1.29 is 28.2 Å². The minimum atomic E-state index is -4.56.